The molecule has 1 aromatic heterocycles. The normalized spacial score (nSPS) is 17.0. The highest BCUT2D eigenvalue weighted by atomic mass is 16.5. The van der Waals surface area contributed by atoms with Crippen molar-refractivity contribution >= 4 is 11.8 Å². The fourth-order valence-corrected chi connectivity index (χ4v) is 2.87. The average Bonchev–Trinajstić information content (AvgIpc) is 3.14. The summed E-state index contributed by atoms with van der Waals surface area (Å²) in [7, 11) is 0. The molecule has 2 heterocycles. The minimum absolute atomic E-state index is 0.285. The van der Waals surface area contributed by atoms with Crippen LogP contribution in [0.5, 0.6) is 0 Å². The summed E-state index contributed by atoms with van der Waals surface area (Å²) in [6, 6.07) is 12.2. The van der Waals surface area contributed by atoms with Crippen molar-refractivity contribution in [2.75, 3.05) is 30.3 Å². The van der Waals surface area contributed by atoms with Crippen molar-refractivity contribution < 1.29 is 4.74 Å². The lowest BCUT2D eigenvalue weighted by Gasteiger charge is -2.14. The van der Waals surface area contributed by atoms with E-state index in [4.69, 9.17) is 4.74 Å². The van der Waals surface area contributed by atoms with Gasteiger partial charge >= 0.3 is 0 Å². The summed E-state index contributed by atoms with van der Waals surface area (Å²) in [6.45, 7) is 6.97. The summed E-state index contributed by atoms with van der Waals surface area (Å²) in [6.07, 6.45) is 3.64. The van der Waals surface area contributed by atoms with E-state index >= 15 is 0 Å². The summed E-state index contributed by atoms with van der Waals surface area (Å²) in [4.78, 5) is 9.31. The Morgan fingerprint density at radius 3 is 2.72 bits per heavy atom. The molecule has 2 N–H and O–H groups in total. The molecular formula is C20H28N4O. The van der Waals surface area contributed by atoms with Crippen LogP contribution in [-0.4, -0.2) is 35.8 Å². The van der Waals surface area contributed by atoms with Gasteiger partial charge in [-0.25, -0.2) is 4.98 Å². The lowest BCUT2D eigenvalue weighted by Crippen LogP contribution is -2.19. The highest BCUT2D eigenvalue weighted by Gasteiger charge is 2.15. The van der Waals surface area contributed by atoms with Gasteiger partial charge in [0.25, 0.3) is 0 Å². The molecule has 25 heavy (non-hydrogen) atoms. The fourth-order valence-electron chi connectivity index (χ4n) is 2.87. The molecule has 0 radical (unpaired) electrons. The molecule has 2 aromatic rings. The number of anilines is 2. The van der Waals surface area contributed by atoms with Crippen molar-refractivity contribution in [2.45, 2.75) is 39.2 Å². The van der Waals surface area contributed by atoms with E-state index in [0.29, 0.717) is 11.9 Å². The second-order valence-corrected chi connectivity index (χ2v) is 6.95. The van der Waals surface area contributed by atoms with Gasteiger partial charge in [-0.2, -0.15) is 4.98 Å². The SMILES string of the molecule is CC(C)CCNc1nc(NCC2CCCO2)cc(-c2ccccc2)n1. The number of rotatable bonds is 8. The first kappa shape index (κ1) is 17.7. The molecule has 1 fully saturated rings. The van der Waals surface area contributed by atoms with E-state index in [1.54, 1.807) is 0 Å². The van der Waals surface area contributed by atoms with Crippen LogP contribution >= 0.6 is 0 Å². The van der Waals surface area contributed by atoms with Gasteiger partial charge in [0.15, 0.2) is 0 Å². The van der Waals surface area contributed by atoms with Crippen LogP contribution in [0.4, 0.5) is 11.8 Å². The second-order valence-electron chi connectivity index (χ2n) is 6.95. The minimum atomic E-state index is 0.285. The van der Waals surface area contributed by atoms with E-state index < -0.39 is 0 Å². The first-order valence-electron chi connectivity index (χ1n) is 9.24. The number of ether oxygens (including phenoxy) is 1. The smallest absolute Gasteiger partial charge is 0.225 e. The Balaban J connectivity index is 1.75. The van der Waals surface area contributed by atoms with Crippen LogP contribution in [0, 0.1) is 5.92 Å². The van der Waals surface area contributed by atoms with Crippen molar-refractivity contribution in [3.63, 3.8) is 0 Å². The molecule has 0 aliphatic carbocycles. The summed E-state index contributed by atoms with van der Waals surface area (Å²) in [5.41, 5.74) is 2.02. The Kier molecular flexibility index (Phi) is 6.23. The number of benzene rings is 1. The van der Waals surface area contributed by atoms with Gasteiger partial charge in [0.1, 0.15) is 5.82 Å². The van der Waals surface area contributed by atoms with Crippen LogP contribution in [0.15, 0.2) is 36.4 Å². The molecule has 1 aliphatic heterocycles. The zero-order chi connectivity index (χ0) is 17.5. The zero-order valence-corrected chi connectivity index (χ0v) is 15.2. The molecule has 1 saturated heterocycles. The third-order valence-electron chi connectivity index (χ3n) is 4.34. The van der Waals surface area contributed by atoms with Gasteiger partial charge in [0, 0.05) is 31.3 Å². The average molecular weight is 340 g/mol. The predicted molar refractivity (Wildman–Crippen MR) is 103 cm³/mol. The molecule has 1 aromatic carbocycles. The maximum atomic E-state index is 5.69. The highest BCUT2D eigenvalue weighted by Crippen LogP contribution is 2.22. The molecule has 0 bridgehead atoms. The Labute approximate surface area is 150 Å². The summed E-state index contributed by atoms with van der Waals surface area (Å²) in [5.74, 6) is 2.18. The molecule has 5 nitrogen and oxygen atoms in total. The zero-order valence-electron chi connectivity index (χ0n) is 15.2. The number of nitrogens with one attached hydrogen (secondary N) is 2. The summed E-state index contributed by atoms with van der Waals surface area (Å²) < 4.78 is 5.69. The molecule has 1 unspecified atom stereocenters. The standard InChI is InChI=1S/C20H28N4O/c1-15(2)10-11-21-20-23-18(16-7-4-3-5-8-16)13-19(24-20)22-14-17-9-6-12-25-17/h3-5,7-8,13,15,17H,6,9-12,14H2,1-2H3,(H2,21,22,23,24). The van der Waals surface area contributed by atoms with Gasteiger partial charge in [-0.15, -0.1) is 0 Å². The number of hydrogen-bond acceptors (Lipinski definition) is 5. The number of nitrogens with zero attached hydrogens (tertiary/aromatic N) is 2. The van der Waals surface area contributed by atoms with Crippen molar-refractivity contribution in [3.05, 3.63) is 36.4 Å². The highest BCUT2D eigenvalue weighted by molar-refractivity contribution is 5.64. The molecule has 3 rings (SSSR count). The fraction of sp³-hybridized carbons (Fsp3) is 0.500. The molecular weight excluding hydrogens is 312 g/mol. The first-order valence-corrected chi connectivity index (χ1v) is 9.24. The summed E-state index contributed by atoms with van der Waals surface area (Å²) in [5, 5.41) is 6.78. The maximum absolute atomic E-state index is 5.69. The van der Waals surface area contributed by atoms with Gasteiger partial charge in [0.05, 0.1) is 11.8 Å². The molecule has 0 saturated carbocycles. The lowest BCUT2D eigenvalue weighted by molar-refractivity contribution is 0.120. The Bertz CT molecular complexity index is 654. The molecule has 1 aliphatic rings. The van der Waals surface area contributed by atoms with Crippen molar-refractivity contribution in [2.24, 2.45) is 5.92 Å². The van der Waals surface area contributed by atoms with Crippen LogP contribution < -0.4 is 10.6 Å². The van der Waals surface area contributed by atoms with Crippen molar-refractivity contribution in [1.82, 2.24) is 9.97 Å². The van der Waals surface area contributed by atoms with E-state index in [0.717, 1.165) is 56.0 Å². The van der Waals surface area contributed by atoms with Crippen molar-refractivity contribution in [3.8, 4) is 11.3 Å². The van der Waals surface area contributed by atoms with Gasteiger partial charge in [0.2, 0.25) is 5.95 Å². The van der Waals surface area contributed by atoms with Crippen LogP contribution in [0.1, 0.15) is 33.1 Å². The van der Waals surface area contributed by atoms with Gasteiger partial charge < -0.3 is 15.4 Å². The van der Waals surface area contributed by atoms with Crippen molar-refractivity contribution in [1.29, 1.82) is 0 Å². The van der Waals surface area contributed by atoms with E-state index in [1.165, 1.54) is 0 Å². The largest absolute Gasteiger partial charge is 0.376 e. The van der Waals surface area contributed by atoms with Gasteiger partial charge in [-0.3, -0.25) is 0 Å². The van der Waals surface area contributed by atoms with E-state index in [9.17, 15) is 0 Å². The number of aromatic nitrogens is 2. The van der Waals surface area contributed by atoms with Crippen LogP contribution in [0.2, 0.25) is 0 Å². The topological polar surface area (TPSA) is 59.1 Å². The lowest BCUT2D eigenvalue weighted by atomic mass is 10.1. The maximum Gasteiger partial charge on any atom is 0.225 e. The molecule has 5 heteroatoms. The molecule has 0 spiro atoms. The van der Waals surface area contributed by atoms with Gasteiger partial charge in [-0.05, 0) is 25.2 Å². The van der Waals surface area contributed by atoms with E-state index in [1.807, 2.05) is 24.3 Å². The second kappa shape index (κ2) is 8.81. The third kappa shape index (κ3) is 5.43. The number of hydrogen-bond donors (Lipinski definition) is 2. The Morgan fingerprint density at radius 1 is 1.16 bits per heavy atom. The van der Waals surface area contributed by atoms with Crippen LogP contribution in [0.25, 0.3) is 11.3 Å². The van der Waals surface area contributed by atoms with E-state index in [2.05, 4.69) is 46.6 Å². The quantitative estimate of drug-likeness (QED) is 0.754. The molecule has 0 amide bonds. The first-order chi connectivity index (χ1) is 12.2. The Morgan fingerprint density at radius 2 is 2.00 bits per heavy atom. The predicted octanol–water partition coefficient (Wildman–Crippen LogP) is 4.19. The Hall–Kier alpha value is -2.14. The third-order valence-corrected chi connectivity index (χ3v) is 4.34. The van der Waals surface area contributed by atoms with Crippen LogP contribution in [0.3, 0.4) is 0 Å². The van der Waals surface area contributed by atoms with Crippen LogP contribution in [-0.2, 0) is 4.74 Å². The summed E-state index contributed by atoms with van der Waals surface area (Å²) >= 11 is 0. The monoisotopic (exact) mass is 340 g/mol. The minimum Gasteiger partial charge on any atom is -0.376 e. The molecule has 134 valence electrons. The molecule has 1 atom stereocenters. The van der Waals surface area contributed by atoms with E-state index in [-0.39, 0.29) is 6.10 Å². The van der Waals surface area contributed by atoms with Gasteiger partial charge in [-0.1, -0.05) is 44.2 Å².